The average molecular weight is 197 g/mol. The second kappa shape index (κ2) is 5.03. The van der Waals surface area contributed by atoms with E-state index in [1.165, 1.54) is 0 Å². The predicted molar refractivity (Wildman–Crippen MR) is 54.0 cm³/mol. The molecule has 0 aromatic carbocycles. The topological polar surface area (TPSA) is 46.6 Å². The maximum atomic E-state index is 11.3. The number of hydrogen-bond acceptors (Lipinski definition) is 3. The molecular formula is C9H16BNO3. The molecule has 0 aromatic heterocycles. The molecule has 0 saturated heterocycles. The van der Waals surface area contributed by atoms with Gasteiger partial charge in [-0.3, -0.25) is 0 Å². The van der Waals surface area contributed by atoms with Crippen LogP contribution in [0.1, 0.15) is 34.1 Å². The lowest BCUT2D eigenvalue weighted by molar-refractivity contribution is -0.111. The molecule has 0 rings (SSSR count). The summed E-state index contributed by atoms with van der Waals surface area (Å²) < 4.78 is 4.99. The van der Waals surface area contributed by atoms with Crippen molar-refractivity contribution in [3.8, 4) is 0 Å². The molecule has 1 atom stereocenters. The van der Waals surface area contributed by atoms with Crippen molar-refractivity contribution in [1.29, 1.82) is 0 Å². The van der Waals surface area contributed by atoms with Gasteiger partial charge in [-0.15, -0.1) is 0 Å². The van der Waals surface area contributed by atoms with Gasteiger partial charge in [0.25, 0.3) is 0 Å². The number of hydrogen-bond donors (Lipinski definition) is 0. The Morgan fingerprint density at radius 1 is 1.57 bits per heavy atom. The fraction of sp³-hybridized carbons (Fsp3) is 0.778. The van der Waals surface area contributed by atoms with E-state index in [-0.39, 0.29) is 0 Å². The van der Waals surface area contributed by atoms with Crippen molar-refractivity contribution in [3.63, 3.8) is 0 Å². The first-order valence-corrected chi connectivity index (χ1v) is 4.54. The first-order chi connectivity index (χ1) is 6.31. The zero-order valence-electron chi connectivity index (χ0n) is 9.11. The molecule has 0 saturated carbocycles. The van der Waals surface area contributed by atoms with E-state index in [2.05, 4.69) is 0 Å². The Hall–Kier alpha value is -0.995. The molecule has 4 nitrogen and oxygen atoms in total. The summed E-state index contributed by atoms with van der Waals surface area (Å²) in [4.78, 5) is 22.7. The van der Waals surface area contributed by atoms with Gasteiger partial charge in [-0.25, -0.2) is 4.79 Å². The highest BCUT2D eigenvalue weighted by atomic mass is 16.6. The highest BCUT2D eigenvalue weighted by Crippen LogP contribution is 2.10. The van der Waals surface area contributed by atoms with Crippen molar-refractivity contribution in [3.05, 3.63) is 0 Å². The summed E-state index contributed by atoms with van der Waals surface area (Å²) in [6, 6.07) is -0.621. The summed E-state index contributed by atoms with van der Waals surface area (Å²) in [5, 5.41) is 0. The molecule has 2 radical (unpaired) electrons. The van der Waals surface area contributed by atoms with Crippen LogP contribution in [0.15, 0.2) is 0 Å². The van der Waals surface area contributed by atoms with Crippen LogP contribution in [-0.4, -0.2) is 36.8 Å². The summed E-state index contributed by atoms with van der Waals surface area (Å²) in [7, 11) is 5.42. The standard InChI is InChI=1S/C9H16BNO3/c1-5-7(6-12)11(10)8(13)14-9(2,3)4/h6-7H,5H2,1-4H3/t7-/m0/s1. The third kappa shape index (κ3) is 4.30. The molecule has 0 unspecified atom stereocenters. The van der Waals surface area contributed by atoms with Crippen LogP contribution in [0.4, 0.5) is 4.79 Å². The van der Waals surface area contributed by atoms with Crippen LogP contribution in [0.3, 0.4) is 0 Å². The number of aldehydes is 1. The minimum Gasteiger partial charge on any atom is -0.445 e. The van der Waals surface area contributed by atoms with Gasteiger partial charge in [-0.2, -0.15) is 0 Å². The Kier molecular flexibility index (Phi) is 4.67. The van der Waals surface area contributed by atoms with Crippen molar-refractivity contribution in [2.75, 3.05) is 0 Å². The SMILES string of the molecule is [B]N(C(=O)OC(C)(C)C)[C@H](C=O)CC. The van der Waals surface area contributed by atoms with E-state index in [9.17, 15) is 9.59 Å². The van der Waals surface area contributed by atoms with E-state index in [0.717, 1.165) is 4.81 Å². The summed E-state index contributed by atoms with van der Waals surface area (Å²) in [6.45, 7) is 6.98. The number of rotatable bonds is 3. The lowest BCUT2D eigenvalue weighted by Crippen LogP contribution is -2.42. The van der Waals surface area contributed by atoms with Gasteiger partial charge < -0.3 is 14.3 Å². The molecule has 5 heteroatoms. The van der Waals surface area contributed by atoms with E-state index in [4.69, 9.17) is 12.7 Å². The summed E-state index contributed by atoms with van der Waals surface area (Å²) in [6.07, 6.45) is 0.417. The highest BCUT2D eigenvalue weighted by Gasteiger charge is 2.23. The maximum Gasteiger partial charge on any atom is 0.397 e. The molecule has 1 amide bonds. The molecule has 78 valence electrons. The lowest BCUT2D eigenvalue weighted by atomic mass is 10.1. The number of ether oxygens (including phenoxy) is 1. The molecule has 0 aromatic rings. The molecule has 0 heterocycles. The van der Waals surface area contributed by atoms with E-state index >= 15 is 0 Å². The van der Waals surface area contributed by atoms with E-state index in [1.54, 1.807) is 27.7 Å². The minimum atomic E-state index is -0.684. The van der Waals surface area contributed by atoms with Crippen molar-refractivity contribution < 1.29 is 14.3 Å². The van der Waals surface area contributed by atoms with E-state index in [0.29, 0.717) is 12.7 Å². The quantitative estimate of drug-likeness (QED) is 0.505. The first kappa shape index (κ1) is 13.0. The van der Waals surface area contributed by atoms with Crippen molar-refractivity contribution in [2.45, 2.75) is 45.8 Å². The monoisotopic (exact) mass is 197 g/mol. The van der Waals surface area contributed by atoms with Crippen LogP contribution in [0.5, 0.6) is 0 Å². The number of amides is 1. The second-order valence-electron chi connectivity index (χ2n) is 4.00. The zero-order valence-corrected chi connectivity index (χ0v) is 9.11. The summed E-state index contributed by atoms with van der Waals surface area (Å²) in [5.74, 6) is 0. The molecule has 0 aliphatic rings. The number of carbonyl (C=O) groups excluding carboxylic acids is 2. The van der Waals surface area contributed by atoms with Crippen LogP contribution < -0.4 is 0 Å². The summed E-state index contributed by atoms with van der Waals surface area (Å²) >= 11 is 0. The fourth-order valence-electron chi connectivity index (χ4n) is 0.809. The maximum absolute atomic E-state index is 11.3. The number of carbonyl (C=O) groups is 2. The van der Waals surface area contributed by atoms with Crippen molar-refractivity contribution >= 4 is 20.4 Å². The van der Waals surface area contributed by atoms with Crippen LogP contribution in [-0.2, 0) is 9.53 Å². The van der Waals surface area contributed by atoms with Crippen molar-refractivity contribution in [1.82, 2.24) is 4.81 Å². The van der Waals surface area contributed by atoms with E-state index < -0.39 is 17.7 Å². The van der Waals surface area contributed by atoms with Gasteiger partial charge in [-0.05, 0) is 27.2 Å². The number of nitrogens with zero attached hydrogens (tertiary/aromatic N) is 1. The normalized spacial score (nSPS) is 13.1. The molecule has 0 aliphatic carbocycles. The molecular weight excluding hydrogens is 181 g/mol. The fourth-order valence-corrected chi connectivity index (χ4v) is 0.809. The summed E-state index contributed by atoms with van der Waals surface area (Å²) in [5.41, 5.74) is -0.601. The molecule has 0 N–H and O–H groups in total. The Labute approximate surface area is 86.0 Å². The minimum absolute atomic E-state index is 0.471. The Balaban J connectivity index is 4.31. The molecule has 0 fully saturated rings. The molecule has 0 bridgehead atoms. The van der Waals surface area contributed by atoms with Gasteiger partial charge in [0.2, 0.25) is 7.98 Å². The lowest BCUT2D eigenvalue weighted by Gasteiger charge is -2.27. The zero-order chi connectivity index (χ0) is 11.4. The molecule has 0 aliphatic heterocycles. The van der Waals surface area contributed by atoms with Crippen LogP contribution in [0.2, 0.25) is 0 Å². The van der Waals surface area contributed by atoms with Gasteiger partial charge in [0.05, 0.1) is 6.04 Å². The van der Waals surface area contributed by atoms with E-state index in [1.807, 2.05) is 0 Å². The largest absolute Gasteiger partial charge is 0.445 e. The third-order valence-corrected chi connectivity index (χ3v) is 1.54. The van der Waals surface area contributed by atoms with Gasteiger partial charge in [0.15, 0.2) is 0 Å². The Morgan fingerprint density at radius 3 is 2.36 bits per heavy atom. The average Bonchev–Trinajstić information content (AvgIpc) is 2.03. The second-order valence-corrected chi connectivity index (χ2v) is 4.00. The van der Waals surface area contributed by atoms with Gasteiger partial charge >= 0.3 is 6.09 Å². The van der Waals surface area contributed by atoms with Crippen LogP contribution in [0.25, 0.3) is 0 Å². The highest BCUT2D eigenvalue weighted by molar-refractivity contribution is 6.14. The Morgan fingerprint density at radius 2 is 2.07 bits per heavy atom. The third-order valence-electron chi connectivity index (χ3n) is 1.54. The molecule has 14 heavy (non-hydrogen) atoms. The van der Waals surface area contributed by atoms with Gasteiger partial charge in [-0.1, -0.05) is 6.92 Å². The van der Waals surface area contributed by atoms with Crippen LogP contribution >= 0.6 is 0 Å². The van der Waals surface area contributed by atoms with Crippen molar-refractivity contribution in [2.24, 2.45) is 0 Å². The molecule has 0 spiro atoms. The van der Waals surface area contributed by atoms with Crippen LogP contribution in [0, 0.1) is 0 Å². The first-order valence-electron chi connectivity index (χ1n) is 4.54. The predicted octanol–water partition coefficient (Wildman–Crippen LogP) is 1.28. The van der Waals surface area contributed by atoms with Gasteiger partial charge in [0.1, 0.15) is 11.9 Å². The Bertz CT molecular complexity index is 213. The smallest absolute Gasteiger partial charge is 0.397 e. The van der Waals surface area contributed by atoms with Gasteiger partial charge in [0, 0.05) is 0 Å².